The number of hydrogen-bond acceptors (Lipinski definition) is 5. The van der Waals surface area contributed by atoms with Gasteiger partial charge < -0.3 is 19.4 Å². The molecule has 0 atom stereocenters. The second kappa shape index (κ2) is 9.11. The number of benzene rings is 2. The number of carbonyl (C=O) groups is 1. The molecule has 1 saturated heterocycles. The van der Waals surface area contributed by atoms with Gasteiger partial charge in [-0.1, -0.05) is 23.7 Å². The molecule has 150 valence electrons. The third kappa shape index (κ3) is 4.96. The summed E-state index contributed by atoms with van der Waals surface area (Å²) >= 11 is 5.92. The van der Waals surface area contributed by atoms with E-state index in [0.717, 1.165) is 30.0 Å². The predicted molar refractivity (Wildman–Crippen MR) is 113 cm³/mol. The summed E-state index contributed by atoms with van der Waals surface area (Å²) < 4.78 is 11.2. The van der Waals surface area contributed by atoms with Crippen LogP contribution >= 0.6 is 11.6 Å². The molecule has 1 aliphatic rings. The maximum Gasteiger partial charge on any atom is 0.224 e. The van der Waals surface area contributed by atoms with Crippen molar-refractivity contribution in [1.82, 2.24) is 4.98 Å². The second-order valence-corrected chi connectivity index (χ2v) is 7.23. The van der Waals surface area contributed by atoms with Gasteiger partial charge >= 0.3 is 0 Å². The first-order valence-corrected chi connectivity index (χ1v) is 9.99. The molecule has 1 N–H and O–H groups in total. The van der Waals surface area contributed by atoms with E-state index in [-0.39, 0.29) is 12.3 Å². The van der Waals surface area contributed by atoms with Gasteiger partial charge in [-0.25, -0.2) is 4.98 Å². The molecular weight excluding hydrogens is 390 g/mol. The summed E-state index contributed by atoms with van der Waals surface area (Å²) in [4.78, 5) is 19.0. The number of nitrogens with zero attached hydrogens (tertiary/aromatic N) is 2. The monoisotopic (exact) mass is 411 g/mol. The fraction of sp³-hybridized carbons (Fsp3) is 0.273. The topological polar surface area (TPSA) is 67.6 Å². The van der Waals surface area contributed by atoms with Crippen molar-refractivity contribution in [3.05, 3.63) is 65.6 Å². The zero-order chi connectivity index (χ0) is 20.1. The van der Waals surface area contributed by atoms with E-state index >= 15 is 0 Å². The van der Waals surface area contributed by atoms with Crippen molar-refractivity contribution in [1.29, 1.82) is 0 Å². The highest BCUT2D eigenvalue weighted by Gasteiger charge is 2.16. The van der Waals surface area contributed by atoms with Crippen LogP contribution in [-0.4, -0.2) is 37.2 Å². The lowest BCUT2D eigenvalue weighted by Crippen LogP contribution is -2.36. The molecule has 2 aromatic carbocycles. The van der Waals surface area contributed by atoms with Crippen LogP contribution in [0.15, 0.2) is 59.1 Å². The van der Waals surface area contributed by atoms with Crippen LogP contribution in [0.25, 0.3) is 11.3 Å². The number of oxazole rings is 1. The number of ether oxygens (including phenoxy) is 1. The van der Waals surface area contributed by atoms with Crippen LogP contribution in [0.2, 0.25) is 5.02 Å². The molecule has 2 heterocycles. The molecule has 1 fully saturated rings. The smallest absolute Gasteiger partial charge is 0.224 e. The predicted octanol–water partition coefficient (Wildman–Crippen LogP) is 4.40. The summed E-state index contributed by atoms with van der Waals surface area (Å²) in [5.41, 5.74) is 2.73. The van der Waals surface area contributed by atoms with E-state index in [2.05, 4.69) is 15.2 Å². The number of aryl methyl sites for hydroxylation is 1. The number of carbonyl (C=O) groups excluding carboxylic acids is 1. The molecule has 3 aromatic rings. The van der Waals surface area contributed by atoms with E-state index in [1.165, 1.54) is 0 Å². The molecule has 0 saturated carbocycles. The summed E-state index contributed by atoms with van der Waals surface area (Å²) in [6.45, 7) is 3.03. The Morgan fingerprint density at radius 3 is 2.66 bits per heavy atom. The summed E-state index contributed by atoms with van der Waals surface area (Å²) in [5, 5.41) is 3.69. The maximum absolute atomic E-state index is 12.5. The average molecular weight is 412 g/mol. The molecule has 0 bridgehead atoms. The lowest BCUT2D eigenvalue weighted by atomic mass is 10.2. The molecule has 29 heavy (non-hydrogen) atoms. The van der Waals surface area contributed by atoms with Crippen molar-refractivity contribution in [3.63, 3.8) is 0 Å². The lowest BCUT2D eigenvalue weighted by Gasteiger charge is -2.30. The highest BCUT2D eigenvalue weighted by atomic mass is 35.5. The van der Waals surface area contributed by atoms with Crippen molar-refractivity contribution in [3.8, 4) is 11.3 Å². The standard InChI is InChI=1S/C22H22ClN3O3/c23-17-7-5-16(6-8-17)20-15-24-22(29-20)10-9-21(27)25-18-3-1-2-4-19(18)26-11-13-28-14-12-26/h1-8,15H,9-14H2,(H,25,27). The van der Waals surface area contributed by atoms with E-state index in [4.69, 9.17) is 20.8 Å². The number of halogens is 1. The van der Waals surface area contributed by atoms with Crippen LogP contribution in [0.4, 0.5) is 11.4 Å². The first-order chi connectivity index (χ1) is 14.2. The number of anilines is 2. The Morgan fingerprint density at radius 1 is 1.10 bits per heavy atom. The minimum atomic E-state index is -0.0723. The number of rotatable bonds is 6. The SMILES string of the molecule is O=C(CCc1ncc(-c2ccc(Cl)cc2)o1)Nc1ccccc1N1CCOCC1. The van der Waals surface area contributed by atoms with Gasteiger partial charge in [0.2, 0.25) is 5.91 Å². The van der Waals surface area contributed by atoms with Gasteiger partial charge in [0.05, 0.1) is 30.8 Å². The Morgan fingerprint density at radius 2 is 1.86 bits per heavy atom. The zero-order valence-electron chi connectivity index (χ0n) is 15.9. The van der Waals surface area contributed by atoms with E-state index in [1.54, 1.807) is 18.3 Å². The molecule has 1 aliphatic heterocycles. The number of nitrogens with one attached hydrogen (secondary N) is 1. The van der Waals surface area contributed by atoms with Crippen LogP contribution < -0.4 is 10.2 Å². The summed E-state index contributed by atoms with van der Waals surface area (Å²) in [6.07, 6.45) is 2.39. The van der Waals surface area contributed by atoms with Crippen molar-refractivity contribution in [2.75, 3.05) is 36.5 Å². The molecule has 0 unspecified atom stereocenters. The number of aromatic nitrogens is 1. The van der Waals surface area contributed by atoms with Crippen molar-refractivity contribution in [2.45, 2.75) is 12.8 Å². The maximum atomic E-state index is 12.5. The van der Waals surface area contributed by atoms with Gasteiger partial charge in [0.15, 0.2) is 11.7 Å². The van der Waals surface area contributed by atoms with Crippen LogP contribution in [0, 0.1) is 0 Å². The molecule has 7 heteroatoms. The Hall–Kier alpha value is -2.83. The third-order valence-electron chi connectivity index (χ3n) is 4.78. The van der Waals surface area contributed by atoms with Gasteiger partial charge in [-0.15, -0.1) is 0 Å². The Kier molecular flexibility index (Phi) is 6.12. The van der Waals surface area contributed by atoms with Crippen LogP contribution in [0.3, 0.4) is 0 Å². The van der Waals surface area contributed by atoms with Gasteiger partial charge in [0, 0.05) is 36.5 Å². The molecule has 0 spiro atoms. The zero-order valence-corrected chi connectivity index (χ0v) is 16.7. The van der Waals surface area contributed by atoms with E-state index < -0.39 is 0 Å². The molecule has 1 aromatic heterocycles. The molecule has 1 amide bonds. The van der Waals surface area contributed by atoms with Crippen LogP contribution in [0.5, 0.6) is 0 Å². The Balaban J connectivity index is 1.36. The minimum absolute atomic E-state index is 0.0723. The highest BCUT2D eigenvalue weighted by Crippen LogP contribution is 2.27. The van der Waals surface area contributed by atoms with E-state index in [9.17, 15) is 4.79 Å². The number of hydrogen-bond donors (Lipinski definition) is 1. The summed E-state index contributed by atoms with van der Waals surface area (Å²) in [6, 6.07) is 15.2. The summed E-state index contributed by atoms with van der Waals surface area (Å²) in [5.74, 6) is 1.12. The molecule has 0 aliphatic carbocycles. The number of amides is 1. The van der Waals surface area contributed by atoms with Crippen molar-refractivity contribution in [2.24, 2.45) is 0 Å². The van der Waals surface area contributed by atoms with Gasteiger partial charge in [0.25, 0.3) is 0 Å². The Labute approximate surface area is 174 Å². The van der Waals surface area contributed by atoms with E-state index in [0.29, 0.717) is 36.3 Å². The largest absolute Gasteiger partial charge is 0.441 e. The lowest BCUT2D eigenvalue weighted by molar-refractivity contribution is -0.116. The highest BCUT2D eigenvalue weighted by molar-refractivity contribution is 6.30. The molecular formula is C22H22ClN3O3. The van der Waals surface area contributed by atoms with Crippen LogP contribution in [-0.2, 0) is 16.0 Å². The van der Waals surface area contributed by atoms with Crippen molar-refractivity contribution < 1.29 is 13.9 Å². The first kappa shape index (κ1) is 19.5. The first-order valence-electron chi connectivity index (χ1n) is 9.61. The molecule has 4 rings (SSSR count). The fourth-order valence-corrected chi connectivity index (χ4v) is 3.39. The normalized spacial score (nSPS) is 14.0. The van der Waals surface area contributed by atoms with Gasteiger partial charge in [-0.2, -0.15) is 0 Å². The third-order valence-corrected chi connectivity index (χ3v) is 5.03. The van der Waals surface area contributed by atoms with Gasteiger partial charge in [-0.3, -0.25) is 4.79 Å². The van der Waals surface area contributed by atoms with E-state index in [1.807, 2.05) is 36.4 Å². The quantitative estimate of drug-likeness (QED) is 0.651. The summed E-state index contributed by atoms with van der Waals surface area (Å²) in [7, 11) is 0. The fourth-order valence-electron chi connectivity index (χ4n) is 3.27. The second-order valence-electron chi connectivity index (χ2n) is 6.79. The Bertz CT molecular complexity index is 965. The van der Waals surface area contributed by atoms with Gasteiger partial charge in [-0.05, 0) is 36.4 Å². The average Bonchev–Trinajstić information content (AvgIpc) is 3.23. The molecule has 0 radical (unpaired) electrons. The number of morpholine rings is 1. The van der Waals surface area contributed by atoms with Crippen molar-refractivity contribution >= 4 is 28.9 Å². The number of para-hydroxylation sites is 2. The molecule has 6 nitrogen and oxygen atoms in total. The van der Waals surface area contributed by atoms with Gasteiger partial charge in [0.1, 0.15) is 0 Å². The minimum Gasteiger partial charge on any atom is -0.441 e. The van der Waals surface area contributed by atoms with Crippen LogP contribution in [0.1, 0.15) is 12.3 Å².